The summed E-state index contributed by atoms with van der Waals surface area (Å²) < 4.78 is 18.6. The Morgan fingerprint density at radius 3 is 2.00 bits per heavy atom. The van der Waals surface area contributed by atoms with Gasteiger partial charge < -0.3 is 29.7 Å². The fraction of sp³-hybridized carbons (Fsp3) is 0.353. The predicted octanol–water partition coefficient (Wildman–Crippen LogP) is 4.37. The van der Waals surface area contributed by atoms with Crippen LogP contribution in [0.2, 0.25) is 0 Å². The number of nitrogens with zero attached hydrogens (tertiary/aromatic N) is 2. The van der Waals surface area contributed by atoms with Gasteiger partial charge in [0.2, 0.25) is 0 Å². The summed E-state index contributed by atoms with van der Waals surface area (Å²) in [4.78, 5) is 17.2. The molecule has 5 rings (SSSR count). The highest BCUT2D eigenvalue weighted by molar-refractivity contribution is 5.54. The van der Waals surface area contributed by atoms with E-state index in [1.54, 1.807) is 26.5 Å². The van der Waals surface area contributed by atoms with Crippen LogP contribution < -0.4 is 20.5 Å². The zero-order valence-electron chi connectivity index (χ0n) is 24.9. The van der Waals surface area contributed by atoms with Crippen molar-refractivity contribution in [2.75, 3.05) is 26.1 Å². The Morgan fingerprint density at radius 1 is 0.930 bits per heavy atom. The summed E-state index contributed by atoms with van der Waals surface area (Å²) in [5, 5.41) is 27.0. The number of aliphatic hydroxyl groups is 2. The normalized spacial score (nSPS) is 19.3. The smallest absolute Gasteiger partial charge is 0.351 e. The molecule has 0 spiro atoms. The molecule has 9 nitrogen and oxygen atoms in total. The van der Waals surface area contributed by atoms with Gasteiger partial charge in [-0.15, -0.1) is 0 Å². The lowest BCUT2D eigenvalue weighted by Gasteiger charge is -2.43. The van der Waals surface area contributed by atoms with Crippen molar-refractivity contribution in [1.29, 1.82) is 0 Å². The number of aromatic nitrogens is 2. The number of benzene rings is 3. The van der Waals surface area contributed by atoms with Crippen molar-refractivity contribution >= 4 is 5.82 Å². The van der Waals surface area contributed by atoms with E-state index in [9.17, 15) is 15.0 Å². The molecular weight excluding hydrogens is 546 g/mol. The SMILES string of the molecule is COc1ccc(C(c2ccccc2)(c2ccc(OC)cc2)C(O)[C@H]2O[C@@H](n3ccc(NCC(C)C)nc3=O)C[C@@H]2O)cc1. The standard InChI is InChI=1S/C34H39N3O6/c1-22(2)21-35-29-18-19-37(33(40)36-29)30-20-28(38)31(43-30)32(39)34(23-8-6-5-7-9-23,24-10-14-26(41-3)15-11-24)25-12-16-27(42-4)17-13-25/h5-19,22,28,30-32,38-39H,20-21H2,1-4H3,(H,35,36,40)/t28-,30+,31-,32?/m0/s1. The molecule has 43 heavy (non-hydrogen) atoms. The van der Waals surface area contributed by atoms with Gasteiger partial charge in [-0.25, -0.2) is 4.79 Å². The maximum atomic E-state index is 13.0. The molecule has 0 amide bonds. The lowest BCUT2D eigenvalue weighted by Crippen LogP contribution is -2.51. The summed E-state index contributed by atoms with van der Waals surface area (Å²) in [7, 11) is 3.20. The number of hydrogen-bond acceptors (Lipinski definition) is 8. The van der Waals surface area contributed by atoms with Crippen molar-refractivity contribution in [3.8, 4) is 11.5 Å². The van der Waals surface area contributed by atoms with Crippen LogP contribution in [-0.2, 0) is 10.2 Å². The molecule has 1 aliphatic heterocycles. The zero-order valence-corrected chi connectivity index (χ0v) is 24.9. The molecule has 4 atom stereocenters. The topological polar surface area (TPSA) is 115 Å². The van der Waals surface area contributed by atoms with Crippen molar-refractivity contribution in [2.24, 2.45) is 5.92 Å². The van der Waals surface area contributed by atoms with Gasteiger partial charge in [0, 0.05) is 19.2 Å². The summed E-state index contributed by atoms with van der Waals surface area (Å²) in [6.07, 6.45) is -2.47. The lowest BCUT2D eigenvalue weighted by atomic mass is 9.64. The van der Waals surface area contributed by atoms with Crippen LogP contribution >= 0.6 is 0 Å². The Hall–Kier alpha value is -4.18. The second kappa shape index (κ2) is 13.0. The highest BCUT2D eigenvalue weighted by Crippen LogP contribution is 2.47. The van der Waals surface area contributed by atoms with Gasteiger partial charge in [0.15, 0.2) is 0 Å². The zero-order chi connectivity index (χ0) is 30.6. The molecule has 3 N–H and O–H groups in total. The third-order valence-electron chi connectivity index (χ3n) is 8.04. The van der Waals surface area contributed by atoms with Crippen LogP contribution in [-0.4, -0.2) is 58.8 Å². The largest absolute Gasteiger partial charge is 0.497 e. The van der Waals surface area contributed by atoms with Crippen LogP contribution in [0, 0.1) is 5.92 Å². The number of anilines is 1. The minimum absolute atomic E-state index is 0.109. The van der Waals surface area contributed by atoms with Crippen molar-refractivity contribution in [1.82, 2.24) is 9.55 Å². The molecule has 1 aromatic heterocycles. The quantitative estimate of drug-likeness (QED) is 0.222. The number of hydrogen-bond donors (Lipinski definition) is 3. The minimum atomic E-state index is -1.27. The third-order valence-corrected chi connectivity index (χ3v) is 8.04. The summed E-state index contributed by atoms with van der Waals surface area (Å²) in [5.41, 5.74) is 0.678. The van der Waals surface area contributed by atoms with Crippen LogP contribution in [0.15, 0.2) is 95.9 Å². The Bertz CT molecular complexity index is 1490. The second-order valence-corrected chi connectivity index (χ2v) is 11.2. The first-order valence-corrected chi connectivity index (χ1v) is 14.5. The molecule has 1 unspecified atom stereocenters. The van der Waals surface area contributed by atoms with Crippen LogP contribution in [0.3, 0.4) is 0 Å². The number of aliphatic hydroxyl groups excluding tert-OH is 2. The van der Waals surface area contributed by atoms with E-state index in [4.69, 9.17) is 14.2 Å². The van der Waals surface area contributed by atoms with Gasteiger partial charge in [0.1, 0.15) is 35.8 Å². The third kappa shape index (κ3) is 6.01. The van der Waals surface area contributed by atoms with Gasteiger partial charge in [-0.1, -0.05) is 68.4 Å². The fourth-order valence-corrected chi connectivity index (χ4v) is 5.84. The molecule has 1 aliphatic rings. The second-order valence-electron chi connectivity index (χ2n) is 11.2. The fourth-order valence-electron chi connectivity index (χ4n) is 5.84. The van der Waals surface area contributed by atoms with Crippen LogP contribution in [0.25, 0.3) is 0 Å². The van der Waals surface area contributed by atoms with Gasteiger partial charge >= 0.3 is 5.69 Å². The van der Waals surface area contributed by atoms with E-state index in [0.717, 1.165) is 16.7 Å². The van der Waals surface area contributed by atoms with Crippen LogP contribution in [0.5, 0.6) is 11.5 Å². The molecule has 9 heteroatoms. The summed E-state index contributed by atoms with van der Waals surface area (Å²) in [5.74, 6) is 2.21. The van der Waals surface area contributed by atoms with E-state index in [2.05, 4.69) is 24.1 Å². The number of nitrogens with one attached hydrogen (secondary N) is 1. The van der Waals surface area contributed by atoms with Gasteiger partial charge in [-0.05, 0) is 52.9 Å². The van der Waals surface area contributed by atoms with Gasteiger partial charge in [-0.3, -0.25) is 4.57 Å². The first-order chi connectivity index (χ1) is 20.8. The Morgan fingerprint density at radius 2 is 1.49 bits per heavy atom. The molecule has 0 saturated carbocycles. The summed E-state index contributed by atoms with van der Waals surface area (Å²) >= 11 is 0. The van der Waals surface area contributed by atoms with E-state index in [1.165, 1.54) is 4.57 Å². The molecular formula is C34H39N3O6. The number of methoxy groups -OCH3 is 2. The average molecular weight is 586 g/mol. The average Bonchev–Trinajstić information content (AvgIpc) is 3.42. The highest BCUT2D eigenvalue weighted by Gasteiger charge is 2.52. The van der Waals surface area contributed by atoms with Gasteiger partial charge in [0.25, 0.3) is 0 Å². The van der Waals surface area contributed by atoms with Crippen LogP contribution in [0.1, 0.15) is 43.2 Å². The van der Waals surface area contributed by atoms with Crippen molar-refractivity contribution < 1.29 is 24.4 Å². The summed E-state index contributed by atoms with van der Waals surface area (Å²) in [6.45, 7) is 4.82. The van der Waals surface area contributed by atoms with E-state index in [1.807, 2.05) is 78.9 Å². The first kappa shape index (κ1) is 30.3. The van der Waals surface area contributed by atoms with Gasteiger partial charge in [0.05, 0.1) is 25.7 Å². The lowest BCUT2D eigenvalue weighted by molar-refractivity contribution is -0.0976. The maximum absolute atomic E-state index is 13.0. The predicted molar refractivity (Wildman–Crippen MR) is 165 cm³/mol. The number of ether oxygens (including phenoxy) is 3. The first-order valence-electron chi connectivity index (χ1n) is 14.5. The van der Waals surface area contributed by atoms with E-state index in [0.29, 0.717) is 29.8 Å². The van der Waals surface area contributed by atoms with Crippen molar-refractivity contribution in [3.05, 3.63) is 118 Å². The molecule has 1 saturated heterocycles. The molecule has 3 aromatic carbocycles. The van der Waals surface area contributed by atoms with Crippen LogP contribution in [0.4, 0.5) is 5.82 Å². The van der Waals surface area contributed by atoms with Crippen molar-refractivity contribution in [2.45, 2.75) is 50.2 Å². The molecule has 1 fully saturated rings. The van der Waals surface area contributed by atoms with E-state index >= 15 is 0 Å². The molecule has 2 heterocycles. The Balaban J connectivity index is 1.58. The van der Waals surface area contributed by atoms with E-state index in [-0.39, 0.29) is 6.42 Å². The Labute approximate surface area is 251 Å². The highest BCUT2D eigenvalue weighted by atomic mass is 16.5. The maximum Gasteiger partial charge on any atom is 0.351 e. The Kier molecular flexibility index (Phi) is 9.15. The van der Waals surface area contributed by atoms with Gasteiger partial charge in [-0.2, -0.15) is 4.98 Å². The molecule has 226 valence electrons. The van der Waals surface area contributed by atoms with E-state index < -0.39 is 35.6 Å². The molecule has 0 radical (unpaired) electrons. The van der Waals surface area contributed by atoms with Crippen molar-refractivity contribution in [3.63, 3.8) is 0 Å². The molecule has 4 aromatic rings. The molecule has 0 bridgehead atoms. The minimum Gasteiger partial charge on any atom is -0.497 e. The summed E-state index contributed by atoms with van der Waals surface area (Å²) in [6, 6.07) is 26.4. The number of rotatable bonds is 11. The monoisotopic (exact) mass is 585 g/mol. The molecule has 0 aliphatic carbocycles.